The molecule has 0 N–H and O–H groups in total. The van der Waals surface area contributed by atoms with Gasteiger partial charge in [-0.05, 0) is 35.9 Å². The molecular formula is C17H24BrN3O3. The summed E-state index contributed by atoms with van der Waals surface area (Å²) >= 11 is 3.46. The minimum absolute atomic E-state index is 0.00486. The van der Waals surface area contributed by atoms with Crippen LogP contribution in [-0.2, 0) is 4.79 Å². The fraction of sp³-hybridized carbons (Fsp3) is 0.588. The Morgan fingerprint density at radius 2 is 1.96 bits per heavy atom. The molecule has 24 heavy (non-hydrogen) atoms. The van der Waals surface area contributed by atoms with Crippen LogP contribution in [0.15, 0.2) is 16.6 Å². The van der Waals surface area contributed by atoms with E-state index in [0.717, 1.165) is 55.1 Å². The van der Waals surface area contributed by atoms with Crippen LogP contribution in [0.4, 0.5) is 5.69 Å². The molecule has 2 aliphatic rings. The van der Waals surface area contributed by atoms with Crippen molar-refractivity contribution in [2.45, 2.75) is 6.42 Å². The van der Waals surface area contributed by atoms with Crippen LogP contribution in [0.3, 0.4) is 0 Å². The zero-order valence-corrected chi connectivity index (χ0v) is 15.8. The van der Waals surface area contributed by atoms with E-state index < -0.39 is 0 Å². The van der Waals surface area contributed by atoms with Crippen LogP contribution in [-0.4, -0.2) is 75.7 Å². The molecule has 1 aromatic carbocycles. The normalized spacial score (nSPS) is 19.1. The van der Waals surface area contributed by atoms with Crippen LogP contribution < -0.4 is 14.4 Å². The Balaban J connectivity index is 1.64. The molecule has 2 heterocycles. The molecular weight excluding hydrogens is 374 g/mol. The van der Waals surface area contributed by atoms with Gasteiger partial charge in [-0.2, -0.15) is 0 Å². The number of anilines is 1. The van der Waals surface area contributed by atoms with E-state index in [2.05, 4.69) is 32.8 Å². The summed E-state index contributed by atoms with van der Waals surface area (Å²) in [6, 6.07) is 3.74. The zero-order valence-electron chi connectivity index (χ0n) is 14.3. The first-order valence-corrected chi connectivity index (χ1v) is 9.09. The maximum Gasteiger partial charge on any atom is 0.265 e. The summed E-state index contributed by atoms with van der Waals surface area (Å²) in [6.07, 6.45) is 0.952. The molecule has 0 saturated carbocycles. The van der Waals surface area contributed by atoms with Gasteiger partial charge >= 0.3 is 0 Å². The molecule has 6 nitrogen and oxygen atoms in total. The van der Waals surface area contributed by atoms with Crippen molar-refractivity contribution in [3.63, 3.8) is 0 Å². The quantitative estimate of drug-likeness (QED) is 0.758. The first-order valence-electron chi connectivity index (χ1n) is 8.30. The number of hydrogen-bond donors (Lipinski definition) is 0. The Morgan fingerprint density at radius 1 is 1.21 bits per heavy atom. The summed E-state index contributed by atoms with van der Waals surface area (Å²) in [7, 11) is 3.78. The van der Waals surface area contributed by atoms with Gasteiger partial charge in [-0.3, -0.25) is 4.79 Å². The van der Waals surface area contributed by atoms with Gasteiger partial charge in [-0.1, -0.05) is 0 Å². The Morgan fingerprint density at radius 3 is 2.67 bits per heavy atom. The van der Waals surface area contributed by atoms with Crippen LogP contribution >= 0.6 is 15.9 Å². The molecule has 7 heteroatoms. The molecule has 3 rings (SSSR count). The lowest BCUT2D eigenvalue weighted by Gasteiger charge is -2.34. The Kier molecular flexibility index (Phi) is 5.63. The molecule has 132 valence electrons. The second kappa shape index (κ2) is 7.72. The molecule has 2 aliphatic heterocycles. The highest BCUT2D eigenvalue weighted by Gasteiger charge is 2.27. The number of carbonyl (C=O) groups is 1. The molecule has 1 fully saturated rings. The predicted molar refractivity (Wildman–Crippen MR) is 97.1 cm³/mol. The Bertz CT molecular complexity index is 603. The van der Waals surface area contributed by atoms with E-state index in [1.807, 2.05) is 17.0 Å². The van der Waals surface area contributed by atoms with E-state index in [1.54, 1.807) is 7.11 Å². The fourth-order valence-corrected chi connectivity index (χ4v) is 3.61. The van der Waals surface area contributed by atoms with Crippen molar-refractivity contribution in [1.29, 1.82) is 0 Å². The minimum atomic E-state index is 0.00486. The van der Waals surface area contributed by atoms with Gasteiger partial charge < -0.3 is 24.2 Å². The lowest BCUT2D eigenvalue weighted by molar-refractivity contribution is -0.121. The maximum atomic E-state index is 12.3. The van der Waals surface area contributed by atoms with Gasteiger partial charge in [0.1, 0.15) is 11.5 Å². The summed E-state index contributed by atoms with van der Waals surface area (Å²) < 4.78 is 11.7. The summed E-state index contributed by atoms with van der Waals surface area (Å²) in [6.45, 7) is 6.25. The second-order valence-electron chi connectivity index (χ2n) is 6.29. The second-order valence-corrected chi connectivity index (χ2v) is 7.14. The number of carbonyl (C=O) groups excluding carboxylic acids is 1. The third-order valence-corrected chi connectivity index (χ3v) is 5.25. The van der Waals surface area contributed by atoms with Gasteiger partial charge in [0.05, 0.1) is 17.3 Å². The van der Waals surface area contributed by atoms with Crippen LogP contribution in [0, 0.1) is 0 Å². The SMILES string of the molecule is COc1cc2c(cc1Br)OCC(=O)N2CCCN1CCN(C)CC1. The van der Waals surface area contributed by atoms with Crippen molar-refractivity contribution >= 4 is 27.5 Å². The number of rotatable bonds is 5. The first-order chi connectivity index (χ1) is 11.6. The smallest absolute Gasteiger partial charge is 0.265 e. The van der Waals surface area contributed by atoms with E-state index in [-0.39, 0.29) is 12.5 Å². The lowest BCUT2D eigenvalue weighted by atomic mass is 10.2. The van der Waals surface area contributed by atoms with Gasteiger partial charge in [0.2, 0.25) is 0 Å². The average Bonchev–Trinajstić information content (AvgIpc) is 2.58. The third-order valence-electron chi connectivity index (χ3n) is 4.63. The monoisotopic (exact) mass is 397 g/mol. The number of nitrogens with zero attached hydrogens (tertiary/aromatic N) is 3. The number of hydrogen-bond acceptors (Lipinski definition) is 5. The highest BCUT2D eigenvalue weighted by atomic mass is 79.9. The zero-order chi connectivity index (χ0) is 17.1. The van der Waals surface area contributed by atoms with Crippen molar-refractivity contribution in [3.05, 3.63) is 16.6 Å². The molecule has 0 aliphatic carbocycles. The summed E-state index contributed by atoms with van der Waals surface area (Å²) in [4.78, 5) is 18.9. The van der Waals surface area contributed by atoms with Gasteiger partial charge in [0, 0.05) is 44.9 Å². The van der Waals surface area contributed by atoms with Gasteiger partial charge in [0.25, 0.3) is 5.91 Å². The largest absolute Gasteiger partial charge is 0.495 e. The molecule has 0 atom stereocenters. The van der Waals surface area contributed by atoms with Crippen LogP contribution in [0.25, 0.3) is 0 Å². The molecule has 0 aromatic heterocycles. The Labute approximate surface area is 151 Å². The molecule has 1 aromatic rings. The van der Waals surface area contributed by atoms with E-state index in [4.69, 9.17) is 9.47 Å². The van der Waals surface area contributed by atoms with Gasteiger partial charge in [0.15, 0.2) is 6.61 Å². The number of ether oxygens (including phenoxy) is 2. The summed E-state index contributed by atoms with van der Waals surface area (Å²) in [5.74, 6) is 1.43. The van der Waals surface area contributed by atoms with Gasteiger partial charge in [-0.15, -0.1) is 0 Å². The number of piperazine rings is 1. The lowest BCUT2D eigenvalue weighted by Crippen LogP contribution is -2.46. The van der Waals surface area contributed by atoms with E-state index >= 15 is 0 Å². The summed E-state index contributed by atoms with van der Waals surface area (Å²) in [5.41, 5.74) is 0.796. The van der Waals surface area contributed by atoms with Crippen molar-refractivity contribution in [2.24, 2.45) is 0 Å². The van der Waals surface area contributed by atoms with Crippen LogP contribution in [0.1, 0.15) is 6.42 Å². The highest BCUT2D eigenvalue weighted by molar-refractivity contribution is 9.10. The number of likely N-dealkylation sites (N-methyl/N-ethyl adjacent to an activating group) is 1. The maximum absolute atomic E-state index is 12.3. The average molecular weight is 398 g/mol. The van der Waals surface area contributed by atoms with Gasteiger partial charge in [-0.25, -0.2) is 0 Å². The first kappa shape index (κ1) is 17.5. The molecule has 0 radical (unpaired) electrons. The number of methoxy groups -OCH3 is 1. The van der Waals surface area contributed by atoms with Crippen molar-refractivity contribution in [2.75, 3.05) is 64.9 Å². The van der Waals surface area contributed by atoms with E-state index in [9.17, 15) is 4.79 Å². The van der Waals surface area contributed by atoms with E-state index in [1.165, 1.54) is 0 Å². The van der Waals surface area contributed by atoms with Crippen LogP contribution in [0.5, 0.6) is 11.5 Å². The minimum Gasteiger partial charge on any atom is -0.495 e. The summed E-state index contributed by atoms with van der Waals surface area (Å²) in [5, 5.41) is 0. The van der Waals surface area contributed by atoms with Crippen molar-refractivity contribution in [1.82, 2.24) is 9.80 Å². The molecule has 1 amide bonds. The predicted octanol–water partition coefficient (Wildman–Crippen LogP) is 1.82. The highest BCUT2D eigenvalue weighted by Crippen LogP contribution is 2.40. The number of benzene rings is 1. The fourth-order valence-electron chi connectivity index (χ4n) is 3.13. The standard InChI is InChI=1S/C17H24BrN3O3/c1-19-6-8-20(9-7-19)4-3-5-21-14-11-15(23-2)13(18)10-16(14)24-12-17(21)22/h10-11H,3-9,12H2,1-2H3. The molecule has 0 unspecified atom stereocenters. The molecule has 1 saturated heterocycles. The number of fused-ring (bicyclic) bond motifs is 1. The van der Waals surface area contributed by atoms with Crippen LogP contribution in [0.2, 0.25) is 0 Å². The topological polar surface area (TPSA) is 45.3 Å². The number of amides is 1. The van der Waals surface area contributed by atoms with Crippen molar-refractivity contribution < 1.29 is 14.3 Å². The third kappa shape index (κ3) is 3.84. The van der Waals surface area contributed by atoms with Crippen molar-refractivity contribution in [3.8, 4) is 11.5 Å². The molecule has 0 spiro atoms. The Hall–Kier alpha value is -1.31. The molecule has 0 bridgehead atoms. The van der Waals surface area contributed by atoms with E-state index in [0.29, 0.717) is 12.3 Å². The number of halogens is 1.